The summed E-state index contributed by atoms with van der Waals surface area (Å²) in [4.78, 5) is 0. The number of rotatable bonds is 4. The van der Waals surface area contributed by atoms with Gasteiger partial charge in [0.25, 0.3) is 0 Å². The van der Waals surface area contributed by atoms with Crippen molar-refractivity contribution in [3.63, 3.8) is 0 Å². The van der Waals surface area contributed by atoms with Gasteiger partial charge in [0.2, 0.25) is 0 Å². The van der Waals surface area contributed by atoms with Crippen LogP contribution < -0.4 is 5.73 Å². The van der Waals surface area contributed by atoms with Gasteiger partial charge in [0.15, 0.2) is 0 Å². The predicted molar refractivity (Wildman–Crippen MR) is 46.8 cm³/mol. The Kier molecular flexibility index (Phi) is 5.32. The molecule has 0 bridgehead atoms. The zero-order chi connectivity index (χ0) is 7.98. The van der Waals surface area contributed by atoms with Crippen molar-refractivity contribution in [2.24, 2.45) is 17.6 Å². The lowest BCUT2D eigenvalue weighted by atomic mass is 9.95. The maximum Gasteiger partial charge on any atom is -0.00117 e. The van der Waals surface area contributed by atoms with E-state index in [1.165, 1.54) is 0 Å². The normalized spacial score (nSPS) is 14.9. The van der Waals surface area contributed by atoms with E-state index in [4.69, 9.17) is 5.73 Å². The molecule has 0 aromatic rings. The molecule has 10 heavy (non-hydrogen) atoms. The molecule has 60 valence electrons. The van der Waals surface area contributed by atoms with Crippen LogP contribution in [0.25, 0.3) is 0 Å². The van der Waals surface area contributed by atoms with Gasteiger partial charge in [-0.05, 0) is 24.8 Å². The van der Waals surface area contributed by atoms with Crippen molar-refractivity contribution < 1.29 is 0 Å². The second-order valence-electron chi connectivity index (χ2n) is 2.98. The molecule has 1 nitrogen and oxygen atoms in total. The molecule has 0 rings (SSSR count). The lowest BCUT2D eigenvalue weighted by Crippen LogP contribution is -2.17. The first-order chi connectivity index (χ1) is 4.72. The summed E-state index contributed by atoms with van der Waals surface area (Å²) in [7, 11) is 0. The first-order valence-electron chi connectivity index (χ1n) is 4.09. The minimum absolute atomic E-state index is 0.569. The Balaban J connectivity index is 3.71. The van der Waals surface area contributed by atoms with E-state index >= 15 is 0 Å². The minimum atomic E-state index is 0.569. The van der Waals surface area contributed by atoms with Gasteiger partial charge in [-0.15, -0.1) is 0 Å². The molecule has 0 radical (unpaired) electrons. The summed E-state index contributed by atoms with van der Waals surface area (Å²) in [6.07, 6.45) is 5.53. The summed E-state index contributed by atoms with van der Waals surface area (Å²) in [6.45, 7) is 7.33. The van der Waals surface area contributed by atoms with E-state index in [0.717, 1.165) is 13.0 Å². The van der Waals surface area contributed by atoms with Crippen LogP contribution in [-0.2, 0) is 0 Å². The third-order valence-electron chi connectivity index (χ3n) is 1.75. The molecule has 1 heteroatoms. The molecule has 0 saturated carbocycles. The molecule has 0 spiro atoms. The molecule has 0 aliphatic rings. The summed E-state index contributed by atoms with van der Waals surface area (Å²) >= 11 is 0. The molecule has 0 aliphatic carbocycles. The Morgan fingerprint density at radius 1 is 1.40 bits per heavy atom. The average Bonchev–Trinajstić information content (AvgIpc) is 1.89. The summed E-state index contributed by atoms with van der Waals surface area (Å²) < 4.78 is 0. The van der Waals surface area contributed by atoms with Gasteiger partial charge in [0.05, 0.1) is 0 Å². The van der Waals surface area contributed by atoms with Crippen LogP contribution in [0.4, 0.5) is 0 Å². The molecule has 0 saturated heterocycles. The van der Waals surface area contributed by atoms with E-state index in [1.54, 1.807) is 0 Å². The highest BCUT2D eigenvalue weighted by Crippen LogP contribution is 2.10. The van der Waals surface area contributed by atoms with Crippen molar-refractivity contribution in [3.8, 4) is 0 Å². The van der Waals surface area contributed by atoms with Crippen LogP contribution >= 0.6 is 0 Å². The van der Waals surface area contributed by atoms with Gasteiger partial charge in [-0.2, -0.15) is 0 Å². The number of nitrogens with two attached hydrogens (primary N) is 1. The number of hydrogen-bond acceptors (Lipinski definition) is 1. The second kappa shape index (κ2) is 5.48. The first-order valence-corrected chi connectivity index (χ1v) is 4.09. The lowest BCUT2D eigenvalue weighted by Gasteiger charge is -2.13. The maximum absolute atomic E-state index is 5.56. The predicted octanol–water partition coefficient (Wildman–Crippen LogP) is 2.18. The Morgan fingerprint density at radius 3 is 2.30 bits per heavy atom. The standard InChI is InChI=1S/C9H19N/c1-4-5-6-9(7-10)8(2)3/h5-6,8-9H,4,7,10H2,1-3H3/b6-5-. The summed E-state index contributed by atoms with van der Waals surface area (Å²) in [5.74, 6) is 1.24. The summed E-state index contributed by atoms with van der Waals surface area (Å²) in [5.41, 5.74) is 5.56. The van der Waals surface area contributed by atoms with Crippen LogP contribution in [0.15, 0.2) is 12.2 Å². The molecule has 0 aromatic heterocycles. The van der Waals surface area contributed by atoms with Crippen molar-refractivity contribution in [1.29, 1.82) is 0 Å². The van der Waals surface area contributed by atoms with E-state index in [1.807, 2.05) is 0 Å². The third-order valence-corrected chi connectivity index (χ3v) is 1.75. The lowest BCUT2D eigenvalue weighted by molar-refractivity contribution is 0.474. The molecule has 0 fully saturated rings. The van der Waals surface area contributed by atoms with Crippen LogP contribution in [0.1, 0.15) is 27.2 Å². The quantitative estimate of drug-likeness (QED) is 0.597. The topological polar surface area (TPSA) is 26.0 Å². The highest BCUT2D eigenvalue weighted by Gasteiger charge is 2.05. The molecule has 1 atom stereocenters. The fourth-order valence-corrected chi connectivity index (χ4v) is 0.884. The molecule has 0 aromatic carbocycles. The van der Waals surface area contributed by atoms with Gasteiger partial charge in [0, 0.05) is 0 Å². The minimum Gasteiger partial charge on any atom is -0.330 e. The SMILES string of the molecule is CC/C=C\C(CN)C(C)C. The molecule has 0 amide bonds. The maximum atomic E-state index is 5.56. The molecule has 2 N–H and O–H groups in total. The third kappa shape index (κ3) is 3.67. The van der Waals surface area contributed by atoms with Crippen molar-refractivity contribution >= 4 is 0 Å². The Labute approximate surface area is 64.3 Å². The van der Waals surface area contributed by atoms with Gasteiger partial charge in [-0.3, -0.25) is 0 Å². The molecule has 0 aliphatic heterocycles. The van der Waals surface area contributed by atoms with Crippen LogP contribution in [-0.4, -0.2) is 6.54 Å². The van der Waals surface area contributed by atoms with Gasteiger partial charge >= 0.3 is 0 Å². The van der Waals surface area contributed by atoms with Crippen LogP contribution in [0.3, 0.4) is 0 Å². The average molecular weight is 141 g/mol. The number of hydrogen-bond donors (Lipinski definition) is 1. The Bertz CT molecular complexity index is 94.9. The van der Waals surface area contributed by atoms with E-state index in [2.05, 4.69) is 32.9 Å². The highest BCUT2D eigenvalue weighted by atomic mass is 14.5. The van der Waals surface area contributed by atoms with Crippen molar-refractivity contribution in [1.82, 2.24) is 0 Å². The van der Waals surface area contributed by atoms with E-state index in [9.17, 15) is 0 Å². The summed E-state index contributed by atoms with van der Waals surface area (Å²) in [6, 6.07) is 0. The van der Waals surface area contributed by atoms with Crippen LogP contribution in [0.2, 0.25) is 0 Å². The molecular weight excluding hydrogens is 122 g/mol. The number of allylic oxidation sites excluding steroid dienone is 1. The van der Waals surface area contributed by atoms with E-state index in [-0.39, 0.29) is 0 Å². The fraction of sp³-hybridized carbons (Fsp3) is 0.778. The summed E-state index contributed by atoms with van der Waals surface area (Å²) in [5, 5.41) is 0. The van der Waals surface area contributed by atoms with Crippen LogP contribution in [0, 0.1) is 11.8 Å². The smallest absolute Gasteiger partial charge is 0.00117 e. The van der Waals surface area contributed by atoms with E-state index < -0.39 is 0 Å². The van der Waals surface area contributed by atoms with Gasteiger partial charge in [-0.1, -0.05) is 32.9 Å². The molecule has 1 unspecified atom stereocenters. The zero-order valence-electron chi connectivity index (χ0n) is 7.30. The fourth-order valence-electron chi connectivity index (χ4n) is 0.884. The molecular formula is C9H19N. The van der Waals surface area contributed by atoms with Gasteiger partial charge in [0.1, 0.15) is 0 Å². The Hall–Kier alpha value is -0.300. The monoisotopic (exact) mass is 141 g/mol. The van der Waals surface area contributed by atoms with Crippen molar-refractivity contribution in [2.45, 2.75) is 27.2 Å². The highest BCUT2D eigenvalue weighted by molar-refractivity contribution is 4.89. The van der Waals surface area contributed by atoms with Gasteiger partial charge < -0.3 is 5.73 Å². The Morgan fingerprint density at radius 2 is 2.00 bits per heavy atom. The second-order valence-corrected chi connectivity index (χ2v) is 2.98. The zero-order valence-corrected chi connectivity index (χ0v) is 7.30. The van der Waals surface area contributed by atoms with Crippen molar-refractivity contribution in [2.75, 3.05) is 6.54 Å². The largest absolute Gasteiger partial charge is 0.330 e. The van der Waals surface area contributed by atoms with Gasteiger partial charge in [-0.25, -0.2) is 0 Å². The van der Waals surface area contributed by atoms with Crippen molar-refractivity contribution in [3.05, 3.63) is 12.2 Å². The van der Waals surface area contributed by atoms with Crippen LogP contribution in [0.5, 0.6) is 0 Å². The van der Waals surface area contributed by atoms with E-state index in [0.29, 0.717) is 11.8 Å². The molecule has 0 heterocycles. The first kappa shape index (κ1) is 9.70.